The van der Waals surface area contributed by atoms with E-state index < -0.39 is 0 Å². The Balaban J connectivity index is 2.82. The van der Waals surface area contributed by atoms with Gasteiger partial charge < -0.3 is 4.74 Å². The highest BCUT2D eigenvalue weighted by molar-refractivity contribution is 5.91. The largest absolute Gasteiger partial charge is 0.459 e. The summed E-state index contributed by atoms with van der Waals surface area (Å²) in [6.07, 6.45) is 0.661. The van der Waals surface area contributed by atoms with Crippen LogP contribution in [0.2, 0.25) is 0 Å². The quantitative estimate of drug-likeness (QED) is 0.716. The third-order valence-corrected chi connectivity index (χ3v) is 2.29. The molecule has 3 heteroatoms. The van der Waals surface area contributed by atoms with Gasteiger partial charge in [-0.15, -0.1) is 0 Å². The molecule has 0 bridgehead atoms. The van der Waals surface area contributed by atoms with Crippen LogP contribution in [0, 0.1) is 12.7 Å². The van der Waals surface area contributed by atoms with E-state index in [1.165, 1.54) is 18.2 Å². The second-order valence-electron chi connectivity index (χ2n) is 3.58. The number of rotatable bonds is 3. The average molecular weight is 210 g/mol. The van der Waals surface area contributed by atoms with Crippen LogP contribution in [0.25, 0.3) is 0 Å². The van der Waals surface area contributed by atoms with Crippen molar-refractivity contribution in [3.05, 3.63) is 35.1 Å². The molecule has 0 radical (unpaired) electrons. The van der Waals surface area contributed by atoms with Gasteiger partial charge in [0.15, 0.2) is 0 Å². The molecule has 0 saturated heterocycles. The van der Waals surface area contributed by atoms with Gasteiger partial charge in [-0.05, 0) is 44.0 Å². The van der Waals surface area contributed by atoms with Gasteiger partial charge in [-0.2, -0.15) is 0 Å². The van der Waals surface area contributed by atoms with Gasteiger partial charge >= 0.3 is 5.97 Å². The molecule has 0 heterocycles. The Morgan fingerprint density at radius 3 is 2.73 bits per heavy atom. The van der Waals surface area contributed by atoms with Crippen molar-refractivity contribution in [2.24, 2.45) is 0 Å². The van der Waals surface area contributed by atoms with Crippen LogP contribution in [0.3, 0.4) is 0 Å². The third-order valence-electron chi connectivity index (χ3n) is 2.29. The summed E-state index contributed by atoms with van der Waals surface area (Å²) in [6, 6.07) is 4.04. The molecule has 1 atom stereocenters. The van der Waals surface area contributed by atoms with Crippen LogP contribution in [-0.4, -0.2) is 12.1 Å². The van der Waals surface area contributed by atoms with Gasteiger partial charge in [0.1, 0.15) is 5.82 Å². The Kier molecular flexibility index (Phi) is 3.83. The molecule has 1 rings (SSSR count). The molecule has 82 valence electrons. The summed E-state index contributed by atoms with van der Waals surface area (Å²) in [6.45, 7) is 5.46. The number of hydrogen-bond donors (Lipinski definition) is 0. The van der Waals surface area contributed by atoms with Crippen LogP contribution in [0.4, 0.5) is 4.39 Å². The summed E-state index contributed by atoms with van der Waals surface area (Å²) in [5.74, 6) is -0.727. The maximum Gasteiger partial charge on any atom is 0.338 e. The second-order valence-corrected chi connectivity index (χ2v) is 3.58. The van der Waals surface area contributed by atoms with Gasteiger partial charge in [-0.3, -0.25) is 0 Å². The summed E-state index contributed by atoms with van der Waals surface area (Å²) in [4.78, 5) is 11.6. The number of benzene rings is 1. The Morgan fingerprint density at radius 2 is 2.20 bits per heavy atom. The molecule has 0 aliphatic carbocycles. The SMILES string of the molecule is CCC(C)OC(=O)c1ccc(F)cc1C. The van der Waals surface area contributed by atoms with Crippen molar-refractivity contribution in [3.63, 3.8) is 0 Å². The van der Waals surface area contributed by atoms with Gasteiger partial charge in [-0.1, -0.05) is 6.92 Å². The van der Waals surface area contributed by atoms with Crippen LogP contribution >= 0.6 is 0 Å². The van der Waals surface area contributed by atoms with Gasteiger partial charge in [-0.25, -0.2) is 9.18 Å². The van der Waals surface area contributed by atoms with Crippen molar-refractivity contribution >= 4 is 5.97 Å². The first-order valence-electron chi connectivity index (χ1n) is 5.01. The normalized spacial score (nSPS) is 12.3. The van der Waals surface area contributed by atoms with Gasteiger partial charge in [0, 0.05) is 0 Å². The molecular weight excluding hydrogens is 195 g/mol. The fourth-order valence-electron chi connectivity index (χ4n) is 1.19. The molecule has 1 aromatic carbocycles. The molecule has 15 heavy (non-hydrogen) atoms. The lowest BCUT2D eigenvalue weighted by Crippen LogP contribution is -2.15. The Hall–Kier alpha value is -1.38. The molecule has 0 aliphatic heterocycles. The zero-order chi connectivity index (χ0) is 11.4. The number of hydrogen-bond acceptors (Lipinski definition) is 2. The van der Waals surface area contributed by atoms with Crippen LogP contribution in [0.15, 0.2) is 18.2 Å². The van der Waals surface area contributed by atoms with Crippen molar-refractivity contribution in [1.82, 2.24) is 0 Å². The lowest BCUT2D eigenvalue weighted by Gasteiger charge is -2.11. The Bertz CT molecular complexity index is 361. The van der Waals surface area contributed by atoms with Crippen LogP contribution in [-0.2, 0) is 4.74 Å². The standard InChI is InChI=1S/C12H15FO2/c1-4-9(3)15-12(14)11-6-5-10(13)7-8(11)2/h5-7,9H,4H2,1-3H3. The topological polar surface area (TPSA) is 26.3 Å². The number of halogens is 1. The van der Waals surface area contributed by atoms with Crippen LogP contribution < -0.4 is 0 Å². The summed E-state index contributed by atoms with van der Waals surface area (Å²) in [5, 5.41) is 0. The molecule has 0 amide bonds. The maximum atomic E-state index is 12.8. The molecule has 0 fully saturated rings. The molecular formula is C12H15FO2. The summed E-state index contributed by atoms with van der Waals surface area (Å²) in [5.41, 5.74) is 1.03. The van der Waals surface area contributed by atoms with Gasteiger partial charge in [0.2, 0.25) is 0 Å². The second kappa shape index (κ2) is 4.91. The predicted molar refractivity (Wildman–Crippen MR) is 56.3 cm³/mol. The number of ether oxygens (including phenoxy) is 1. The first-order valence-corrected chi connectivity index (χ1v) is 5.01. The summed E-state index contributed by atoms with van der Waals surface area (Å²) >= 11 is 0. The van der Waals surface area contributed by atoms with E-state index in [0.29, 0.717) is 11.1 Å². The highest BCUT2D eigenvalue weighted by atomic mass is 19.1. The van der Waals surface area contributed by atoms with E-state index >= 15 is 0 Å². The number of aryl methyl sites for hydroxylation is 1. The predicted octanol–water partition coefficient (Wildman–Crippen LogP) is 3.09. The fraction of sp³-hybridized carbons (Fsp3) is 0.417. The summed E-state index contributed by atoms with van der Waals surface area (Å²) in [7, 11) is 0. The van der Waals surface area contributed by atoms with Gasteiger partial charge in [0.05, 0.1) is 11.7 Å². The van der Waals surface area contributed by atoms with E-state index in [2.05, 4.69) is 0 Å². The number of carbonyl (C=O) groups is 1. The maximum absolute atomic E-state index is 12.8. The van der Waals surface area contributed by atoms with Crippen molar-refractivity contribution in [2.75, 3.05) is 0 Å². The molecule has 1 aromatic rings. The van der Waals surface area contributed by atoms with E-state index in [1.54, 1.807) is 6.92 Å². The van der Waals surface area contributed by atoms with E-state index in [1.807, 2.05) is 13.8 Å². The first kappa shape index (κ1) is 11.7. The van der Waals surface area contributed by atoms with E-state index in [4.69, 9.17) is 4.74 Å². The smallest absolute Gasteiger partial charge is 0.338 e. The first-order chi connectivity index (χ1) is 7.04. The third kappa shape index (κ3) is 3.05. The highest BCUT2D eigenvalue weighted by Gasteiger charge is 2.13. The van der Waals surface area contributed by atoms with Crippen molar-refractivity contribution < 1.29 is 13.9 Å². The average Bonchev–Trinajstić information content (AvgIpc) is 2.17. The van der Waals surface area contributed by atoms with Crippen molar-refractivity contribution in [1.29, 1.82) is 0 Å². The molecule has 0 aromatic heterocycles. The minimum absolute atomic E-state index is 0.109. The Morgan fingerprint density at radius 1 is 1.53 bits per heavy atom. The van der Waals surface area contributed by atoms with E-state index in [-0.39, 0.29) is 17.9 Å². The lowest BCUT2D eigenvalue weighted by atomic mass is 10.1. The number of esters is 1. The van der Waals surface area contributed by atoms with E-state index in [9.17, 15) is 9.18 Å². The summed E-state index contributed by atoms with van der Waals surface area (Å²) < 4.78 is 17.9. The fourth-order valence-corrected chi connectivity index (χ4v) is 1.19. The zero-order valence-corrected chi connectivity index (χ0v) is 9.21. The number of carbonyl (C=O) groups excluding carboxylic acids is 1. The molecule has 0 saturated carbocycles. The monoisotopic (exact) mass is 210 g/mol. The molecule has 0 spiro atoms. The minimum Gasteiger partial charge on any atom is -0.459 e. The zero-order valence-electron chi connectivity index (χ0n) is 9.21. The highest BCUT2D eigenvalue weighted by Crippen LogP contribution is 2.12. The molecule has 0 N–H and O–H groups in total. The van der Waals surface area contributed by atoms with Crippen LogP contribution in [0.1, 0.15) is 36.2 Å². The van der Waals surface area contributed by atoms with Crippen molar-refractivity contribution in [2.45, 2.75) is 33.3 Å². The van der Waals surface area contributed by atoms with Crippen molar-refractivity contribution in [3.8, 4) is 0 Å². The minimum atomic E-state index is -0.387. The Labute approximate surface area is 89.1 Å². The van der Waals surface area contributed by atoms with E-state index in [0.717, 1.165) is 6.42 Å². The van der Waals surface area contributed by atoms with Crippen LogP contribution in [0.5, 0.6) is 0 Å². The lowest BCUT2D eigenvalue weighted by molar-refractivity contribution is 0.0333. The van der Waals surface area contributed by atoms with Gasteiger partial charge in [0.25, 0.3) is 0 Å². The molecule has 0 aliphatic rings. The molecule has 2 nitrogen and oxygen atoms in total. The molecule has 1 unspecified atom stereocenters.